The summed E-state index contributed by atoms with van der Waals surface area (Å²) in [6.07, 6.45) is 2.13. The average molecular weight is 433 g/mol. The van der Waals surface area contributed by atoms with E-state index < -0.39 is 12.0 Å². The van der Waals surface area contributed by atoms with Gasteiger partial charge in [-0.2, -0.15) is 4.98 Å². The van der Waals surface area contributed by atoms with E-state index in [-0.39, 0.29) is 11.9 Å². The van der Waals surface area contributed by atoms with E-state index >= 15 is 0 Å². The SMILES string of the molecule is NC(=O)[C@@H](Oc1cc2c3c(c(-c4ccc5oc(N)nc5c4)[nH]c3c1)NCCCO2)C1CC1. The molecule has 1 aliphatic heterocycles. The second-order valence-corrected chi connectivity index (χ2v) is 8.36. The summed E-state index contributed by atoms with van der Waals surface area (Å²) >= 11 is 0. The number of aromatic nitrogens is 2. The van der Waals surface area contributed by atoms with Gasteiger partial charge in [-0.05, 0) is 37.5 Å². The first-order chi connectivity index (χ1) is 15.6. The zero-order chi connectivity index (χ0) is 21.8. The Morgan fingerprint density at radius 2 is 2.12 bits per heavy atom. The summed E-state index contributed by atoms with van der Waals surface area (Å²) < 4.78 is 17.5. The van der Waals surface area contributed by atoms with Crippen molar-refractivity contribution < 1.29 is 18.7 Å². The van der Waals surface area contributed by atoms with Gasteiger partial charge in [0.15, 0.2) is 11.7 Å². The number of nitrogens with one attached hydrogen (secondary N) is 2. The molecule has 0 bridgehead atoms. The normalized spacial score (nSPS) is 16.8. The lowest BCUT2D eigenvalue weighted by Crippen LogP contribution is -2.35. The maximum atomic E-state index is 11.9. The number of hydrogen-bond acceptors (Lipinski definition) is 7. The van der Waals surface area contributed by atoms with Crippen LogP contribution < -0.4 is 26.3 Å². The minimum atomic E-state index is -0.625. The lowest BCUT2D eigenvalue weighted by molar-refractivity contribution is -0.125. The Morgan fingerprint density at radius 1 is 1.25 bits per heavy atom. The number of oxazole rings is 1. The van der Waals surface area contributed by atoms with Crippen LogP contribution in [0.25, 0.3) is 33.3 Å². The third kappa shape index (κ3) is 3.17. The summed E-state index contributed by atoms with van der Waals surface area (Å²) in [7, 11) is 0. The van der Waals surface area contributed by atoms with Crippen molar-refractivity contribution in [2.75, 3.05) is 24.2 Å². The Kier molecular flexibility index (Phi) is 4.17. The number of nitrogen functional groups attached to an aromatic ring is 1. The van der Waals surface area contributed by atoms with Crippen molar-refractivity contribution in [1.82, 2.24) is 9.97 Å². The molecule has 0 saturated heterocycles. The summed E-state index contributed by atoms with van der Waals surface area (Å²) in [5, 5.41) is 4.48. The van der Waals surface area contributed by atoms with Crippen molar-refractivity contribution in [3.05, 3.63) is 30.3 Å². The Bertz CT molecular complexity index is 1350. The van der Waals surface area contributed by atoms with Gasteiger partial charge in [0.05, 0.1) is 28.9 Å². The maximum absolute atomic E-state index is 11.9. The van der Waals surface area contributed by atoms with Gasteiger partial charge < -0.3 is 35.7 Å². The first kappa shape index (κ1) is 18.9. The van der Waals surface area contributed by atoms with E-state index in [0.29, 0.717) is 29.2 Å². The van der Waals surface area contributed by atoms with Crippen LogP contribution in [0.1, 0.15) is 19.3 Å². The number of aromatic amines is 1. The van der Waals surface area contributed by atoms with Crippen LogP contribution in [0, 0.1) is 5.92 Å². The third-order valence-corrected chi connectivity index (χ3v) is 6.00. The largest absolute Gasteiger partial charge is 0.493 e. The van der Waals surface area contributed by atoms with E-state index in [1.165, 1.54) is 0 Å². The fourth-order valence-electron chi connectivity index (χ4n) is 4.34. The number of fused-ring (bicyclic) bond motifs is 1. The average Bonchev–Trinajstić information content (AvgIpc) is 3.41. The highest BCUT2D eigenvalue weighted by Crippen LogP contribution is 2.44. The zero-order valence-electron chi connectivity index (χ0n) is 17.3. The van der Waals surface area contributed by atoms with Gasteiger partial charge in [-0.15, -0.1) is 0 Å². The van der Waals surface area contributed by atoms with Crippen molar-refractivity contribution >= 4 is 39.6 Å². The molecule has 9 nitrogen and oxygen atoms in total. The fourth-order valence-corrected chi connectivity index (χ4v) is 4.34. The van der Waals surface area contributed by atoms with Crippen LogP contribution >= 0.6 is 0 Å². The van der Waals surface area contributed by atoms with E-state index in [0.717, 1.165) is 53.7 Å². The summed E-state index contributed by atoms with van der Waals surface area (Å²) in [6.45, 7) is 1.36. The molecule has 1 atom stereocenters. The molecule has 0 radical (unpaired) electrons. The van der Waals surface area contributed by atoms with E-state index in [2.05, 4.69) is 15.3 Å². The number of rotatable bonds is 5. The second-order valence-electron chi connectivity index (χ2n) is 8.36. The standard InChI is InChI=1S/C23H23N5O4/c24-22(29)21(11-2-3-11)31-13-9-15-18-17(10-13)30-7-1-6-26-20(18)19(27-15)12-4-5-16-14(8-12)28-23(25)32-16/h4-5,8-11,21,26-27H,1-3,6-7H2,(H2,24,29)(H2,25,28)/t21-/m0/s1. The third-order valence-electron chi connectivity index (χ3n) is 6.00. The lowest BCUT2D eigenvalue weighted by atomic mass is 10.1. The zero-order valence-corrected chi connectivity index (χ0v) is 17.3. The van der Waals surface area contributed by atoms with Gasteiger partial charge in [-0.3, -0.25) is 4.79 Å². The number of carbonyl (C=O) groups excluding carboxylic acids is 1. The molecular formula is C23H23N5O4. The molecular weight excluding hydrogens is 410 g/mol. The molecule has 9 heteroatoms. The highest BCUT2D eigenvalue weighted by Gasteiger charge is 2.37. The Labute approximate surface area is 183 Å². The molecule has 6 rings (SSSR count). The number of hydrogen-bond donors (Lipinski definition) is 4. The molecule has 6 N–H and O–H groups in total. The summed E-state index contributed by atoms with van der Waals surface area (Å²) in [5.74, 6) is 1.01. The molecule has 1 fully saturated rings. The predicted octanol–water partition coefficient (Wildman–Crippen LogP) is 3.40. The molecule has 1 aliphatic carbocycles. The minimum Gasteiger partial charge on any atom is -0.493 e. The van der Waals surface area contributed by atoms with Crippen LogP contribution in [0.3, 0.4) is 0 Å². The van der Waals surface area contributed by atoms with Gasteiger partial charge in [0.2, 0.25) is 0 Å². The number of nitrogens with two attached hydrogens (primary N) is 2. The summed E-state index contributed by atoms with van der Waals surface area (Å²) in [4.78, 5) is 19.6. The molecule has 164 valence electrons. The maximum Gasteiger partial charge on any atom is 0.292 e. The van der Waals surface area contributed by atoms with Gasteiger partial charge in [0.25, 0.3) is 11.9 Å². The van der Waals surface area contributed by atoms with Crippen LogP contribution in [-0.2, 0) is 4.79 Å². The minimum absolute atomic E-state index is 0.138. The van der Waals surface area contributed by atoms with Gasteiger partial charge in [-0.1, -0.05) is 0 Å². The van der Waals surface area contributed by atoms with E-state index in [1.54, 1.807) is 0 Å². The molecule has 1 amide bonds. The number of benzene rings is 2. The van der Waals surface area contributed by atoms with E-state index in [4.69, 9.17) is 25.4 Å². The number of carbonyl (C=O) groups is 1. The van der Waals surface area contributed by atoms with Gasteiger partial charge >= 0.3 is 0 Å². The number of ether oxygens (including phenoxy) is 2. The van der Waals surface area contributed by atoms with Crippen LogP contribution in [-0.4, -0.2) is 35.1 Å². The molecule has 4 aromatic rings. The smallest absolute Gasteiger partial charge is 0.292 e. The summed E-state index contributed by atoms with van der Waals surface area (Å²) in [5.41, 5.74) is 16.2. The Hall–Kier alpha value is -3.88. The number of amides is 1. The molecule has 2 aliphatic rings. The highest BCUT2D eigenvalue weighted by atomic mass is 16.5. The molecule has 2 aromatic carbocycles. The van der Waals surface area contributed by atoms with Gasteiger partial charge in [-0.25, -0.2) is 0 Å². The van der Waals surface area contributed by atoms with E-state index in [1.807, 2.05) is 30.3 Å². The predicted molar refractivity (Wildman–Crippen MR) is 121 cm³/mol. The van der Waals surface area contributed by atoms with Gasteiger partial charge in [0.1, 0.15) is 17.0 Å². The van der Waals surface area contributed by atoms with Crippen LogP contribution in [0.5, 0.6) is 11.5 Å². The highest BCUT2D eigenvalue weighted by molar-refractivity contribution is 6.06. The number of anilines is 2. The molecule has 3 heterocycles. The van der Waals surface area contributed by atoms with Crippen LogP contribution in [0.2, 0.25) is 0 Å². The number of primary amides is 1. The summed E-state index contributed by atoms with van der Waals surface area (Å²) in [6, 6.07) is 9.63. The Morgan fingerprint density at radius 3 is 2.94 bits per heavy atom. The Balaban J connectivity index is 1.49. The molecule has 32 heavy (non-hydrogen) atoms. The van der Waals surface area contributed by atoms with Gasteiger partial charge in [0, 0.05) is 30.2 Å². The van der Waals surface area contributed by atoms with Crippen LogP contribution in [0.4, 0.5) is 11.7 Å². The van der Waals surface area contributed by atoms with Crippen molar-refractivity contribution in [2.45, 2.75) is 25.4 Å². The molecule has 2 aromatic heterocycles. The fraction of sp³-hybridized carbons (Fsp3) is 0.304. The van der Waals surface area contributed by atoms with Crippen molar-refractivity contribution in [3.8, 4) is 22.8 Å². The monoisotopic (exact) mass is 433 g/mol. The van der Waals surface area contributed by atoms with Crippen molar-refractivity contribution in [1.29, 1.82) is 0 Å². The molecule has 0 unspecified atom stereocenters. The quantitative estimate of drug-likeness (QED) is 0.378. The number of nitrogens with zero attached hydrogens (tertiary/aromatic N) is 1. The number of H-pyrrole nitrogens is 1. The second kappa shape index (κ2) is 7.08. The molecule has 1 saturated carbocycles. The first-order valence-electron chi connectivity index (χ1n) is 10.8. The topological polar surface area (TPSA) is 141 Å². The molecule has 0 spiro atoms. The van der Waals surface area contributed by atoms with Crippen molar-refractivity contribution in [2.24, 2.45) is 11.7 Å². The first-order valence-corrected chi connectivity index (χ1v) is 10.8. The van der Waals surface area contributed by atoms with Crippen LogP contribution in [0.15, 0.2) is 34.7 Å². The van der Waals surface area contributed by atoms with E-state index in [9.17, 15) is 4.79 Å². The van der Waals surface area contributed by atoms with Crippen molar-refractivity contribution in [3.63, 3.8) is 0 Å². The lowest BCUT2D eigenvalue weighted by Gasteiger charge is -2.19.